The van der Waals surface area contributed by atoms with Crippen molar-refractivity contribution in [2.24, 2.45) is 7.05 Å². The van der Waals surface area contributed by atoms with Gasteiger partial charge in [0.1, 0.15) is 0 Å². The van der Waals surface area contributed by atoms with E-state index in [1.165, 1.54) is 16.4 Å². The van der Waals surface area contributed by atoms with E-state index in [1.54, 1.807) is 19.0 Å². The van der Waals surface area contributed by atoms with E-state index in [1.807, 2.05) is 0 Å². The quantitative estimate of drug-likeness (QED) is 0.680. The Bertz CT molecular complexity index is 462. The number of carbonyl (C=O) groups is 2. The first-order valence-corrected chi connectivity index (χ1v) is 6.43. The summed E-state index contributed by atoms with van der Waals surface area (Å²) in [4.78, 5) is 24.6. The maximum absolute atomic E-state index is 11.7. The van der Waals surface area contributed by atoms with Gasteiger partial charge in [-0.25, -0.2) is 4.68 Å². The van der Waals surface area contributed by atoms with Crippen molar-refractivity contribution >= 4 is 23.6 Å². The van der Waals surface area contributed by atoms with Gasteiger partial charge in [0, 0.05) is 27.1 Å². The number of likely N-dealkylation sites (tertiary alicyclic amines) is 1. The van der Waals surface area contributed by atoms with E-state index in [2.05, 4.69) is 20.8 Å². The Hall–Kier alpha value is -1.64. The zero-order valence-corrected chi connectivity index (χ0v) is 11.0. The summed E-state index contributed by atoms with van der Waals surface area (Å²) >= 11 is 1.26. The number of hydrogen-bond donors (Lipinski definition) is 1. The summed E-state index contributed by atoms with van der Waals surface area (Å²) in [7, 11) is 3.44. The Morgan fingerprint density at radius 2 is 2.33 bits per heavy atom. The van der Waals surface area contributed by atoms with E-state index < -0.39 is 0 Å². The van der Waals surface area contributed by atoms with Gasteiger partial charge in [-0.05, 0) is 10.4 Å². The number of aromatic nitrogens is 4. The Kier molecular flexibility index (Phi) is 3.80. The van der Waals surface area contributed by atoms with Crippen LogP contribution < -0.4 is 5.32 Å². The van der Waals surface area contributed by atoms with Crippen LogP contribution in [0.2, 0.25) is 0 Å². The summed E-state index contributed by atoms with van der Waals surface area (Å²) in [6.07, 6.45) is 0.373. The summed E-state index contributed by atoms with van der Waals surface area (Å²) in [6, 6.07) is -0.0896. The lowest BCUT2D eigenvalue weighted by molar-refractivity contribution is -0.126. The number of rotatable bonds is 4. The molecule has 18 heavy (non-hydrogen) atoms. The van der Waals surface area contributed by atoms with Crippen LogP contribution in [0.3, 0.4) is 0 Å². The molecule has 0 aliphatic carbocycles. The standard InChI is InChI=1S/C9H14N6O2S/c1-14-4-6(3-8(14)17)10-7(16)5-18-9-11-12-13-15(9)2/h6H,3-5H2,1-2H3,(H,10,16). The fraction of sp³-hybridized carbons (Fsp3) is 0.667. The van der Waals surface area contributed by atoms with Crippen molar-refractivity contribution in [2.45, 2.75) is 17.6 Å². The van der Waals surface area contributed by atoms with Crippen LogP contribution in [0.5, 0.6) is 0 Å². The highest BCUT2D eigenvalue weighted by atomic mass is 32.2. The first-order valence-electron chi connectivity index (χ1n) is 5.44. The van der Waals surface area contributed by atoms with E-state index in [-0.39, 0.29) is 23.6 Å². The number of hydrogen-bond acceptors (Lipinski definition) is 6. The third-order valence-electron chi connectivity index (χ3n) is 2.62. The molecule has 0 saturated carbocycles. The fourth-order valence-electron chi connectivity index (χ4n) is 1.70. The van der Waals surface area contributed by atoms with Gasteiger partial charge >= 0.3 is 0 Å². The Morgan fingerprint density at radius 1 is 1.56 bits per heavy atom. The molecule has 2 rings (SSSR count). The minimum Gasteiger partial charge on any atom is -0.350 e. The zero-order valence-electron chi connectivity index (χ0n) is 10.2. The number of tetrazole rings is 1. The van der Waals surface area contributed by atoms with Gasteiger partial charge in [-0.3, -0.25) is 9.59 Å². The van der Waals surface area contributed by atoms with Crippen molar-refractivity contribution in [3.05, 3.63) is 0 Å². The Morgan fingerprint density at radius 3 is 2.89 bits per heavy atom. The summed E-state index contributed by atoms with van der Waals surface area (Å²) in [5, 5.41) is 14.3. The van der Waals surface area contributed by atoms with E-state index in [4.69, 9.17) is 0 Å². The molecule has 1 aromatic rings. The van der Waals surface area contributed by atoms with Crippen LogP contribution in [0.4, 0.5) is 0 Å². The van der Waals surface area contributed by atoms with Gasteiger partial charge in [0.15, 0.2) is 0 Å². The molecule has 9 heteroatoms. The molecule has 1 aliphatic heterocycles. The lowest BCUT2D eigenvalue weighted by Crippen LogP contribution is -2.37. The highest BCUT2D eigenvalue weighted by Crippen LogP contribution is 2.13. The second kappa shape index (κ2) is 5.34. The molecule has 1 N–H and O–H groups in total. The molecule has 8 nitrogen and oxygen atoms in total. The fourth-order valence-corrected chi connectivity index (χ4v) is 2.36. The minimum absolute atomic E-state index is 0.0606. The smallest absolute Gasteiger partial charge is 0.230 e. The van der Waals surface area contributed by atoms with Crippen LogP contribution >= 0.6 is 11.8 Å². The third kappa shape index (κ3) is 2.97. The average molecular weight is 270 g/mol. The van der Waals surface area contributed by atoms with Gasteiger partial charge in [0.05, 0.1) is 11.8 Å². The predicted octanol–water partition coefficient (Wildman–Crippen LogP) is -1.35. The number of aryl methyl sites for hydroxylation is 1. The maximum atomic E-state index is 11.7. The molecule has 0 aromatic carbocycles. The van der Waals surface area contributed by atoms with E-state index in [0.29, 0.717) is 18.1 Å². The van der Waals surface area contributed by atoms with Crippen molar-refractivity contribution < 1.29 is 9.59 Å². The second-order valence-corrected chi connectivity index (χ2v) is 5.06. The lowest BCUT2D eigenvalue weighted by Gasteiger charge is -2.11. The molecular formula is C9H14N6O2S. The number of carbonyl (C=O) groups excluding carboxylic acids is 2. The first kappa shape index (κ1) is 12.8. The van der Waals surface area contributed by atoms with Gasteiger partial charge in [-0.2, -0.15) is 0 Å². The van der Waals surface area contributed by atoms with Gasteiger partial charge in [-0.1, -0.05) is 11.8 Å². The molecule has 1 unspecified atom stereocenters. The van der Waals surface area contributed by atoms with Gasteiger partial charge in [0.25, 0.3) is 0 Å². The van der Waals surface area contributed by atoms with Crippen LogP contribution in [0, 0.1) is 0 Å². The molecule has 1 saturated heterocycles. The molecule has 98 valence electrons. The molecule has 0 spiro atoms. The van der Waals surface area contributed by atoms with E-state index in [9.17, 15) is 9.59 Å². The molecule has 1 aliphatic rings. The molecule has 2 amide bonds. The van der Waals surface area contributed by atoms with Gasteiger partial charge in [0.2, 0.25) is 17.0 Å². The minimum atomic E-state index is -0.115. The SMILES string of the molecule is CN1CC(NC(=O)CSc2nnnn2C)CC1=O. The number of nitrogens with zero attached hydrogens (tertiary/aromatic N) is 5. The van der Waals surface area contributed by atoms with E-state index >= 15 is 0 Å². The molecule has 1 fully saturated rings. The number of nitrogens with one attached hydrogen (secondary N) is 1. The highest BCUT2D eigenvalue weighted by molar-refractivity contribution is 7.99. The molecule has 0 radical (unpaired) electrons. The van der Waals surface area contributed by atoms with Crippen LogP contribution in [0.1, 0.15) is 6.42 Å². The van der Waals surface area contributed by atoms with Crippen molar-refractivity contribution in [1.82, 2.24) is 30.4 Å². The maximum Gasteiger partial charge on any atom is 0.230 e. The van der Waals surface area contributed by atoms with Crippen molar-refractivity contribution in [3.8, 4) is 0 Å². The van der Waals surface area contributed by atoms with Crippen molar-refractivity contribution in [1.29, 1.82) is 0 Å². The zero-order chi connectivity index (χ0) is 13.1. The molecular weight excluding hydrogens is 256 g/mol. The van der Waals surface area contributed by atoms with Crippen LogP contribution in [-0.4, -0.2) is 62.3 Å². The summed E-state index contributed by atoms with van der Waals surface area (Å²) in [6.45, 7) is 0.570. The average Bonchev–Trinajstić information content (AvgIpc) is 2.84. The number of thioether (sulfide) groups is 1. The number of amides is 2. The molecule has 2 heterocycles. The summed E-state index contributed by atoms with van der Waals surface area (Å²) < 4.78 is 1.50. The monoisotopic (exact) mass is 270 g/mol. The molecule has 1 atom stereocenters. The van der Waals surface area contributed by atoms with E-state index in [0.717, 1.165) is 0 Å². The highest BCUT2D eigenvalue weighted by Gasteiger charge is 2.27. The normalized spacial score (nSPS) is 19.3. The van der Waals surface area contributed by atoms with Crippen LogP contribution in [-0.2, 0) is 16.6 Å². The van der Waals surface area contributed by atoms with Crippen LogP contribution in [0.25, 0.3) is 0 Å². The first-order chi connectivity index (χ1) is 8.56. The lowest BCUT2D eigenvalue weighted by atomic mass is 10.2. The molecule has 1 aromatic heterocycles. The van der Waals surface area contributed by atoms with Gasteiger partial charge in [-0.15, -0.1) is 5.10 Å². The summed E-state index contributed by atoms with van der Waals surface area (Å²) in [5.74, 6) is 0.185. The van der Waals surface area contributed by atoms with Crippen molar-refractivity contribution in [2.75, 3.05) is 19.3 Å². The predicted molar refractivity (Wildman–Crippen MR) is 63.7 cm³/mol. The topological polar surface area (TPSA) is 93.0 Å². The second-order valence-electron chi connectivity index (χ2n) is 4.12. The van der Waals surface area contributed by atoms with Crippen molar-refractivity contribution in [3.63, 3.8) is 0 Å². The molecule has 0 bridgehead atoms. The number of likely N-dealkylation sites (N-methyl/N-ethyl adjacent to an activating group) is 1. The Labute approximate surface area is 108 Å². The van der Waals surface area contributed by atoms with Gasteiger partial charge < -0.3 is 10.2 Å². The summed E-state index contributed by atoms with van der Waals surface area (Å²) in [5.41, 5.74) is 0. The third-order valence-corrected chi connectivity index (χ3v) is 3.63. The van der Waals surface area contributed by atoms with Crippen LogP contribution in [0.15, 0.2) is 5.16 Å². The Balaban J connectivity index is 1.76. The largest absolute Gasteiger partial charge is 0.350 e.